The van der Waals surface area contributed by atoms with E-state index in [0.29, 0.717) is 24.9 Å². The fraction of sp³-hybridized carbons (Fsp3) is 0.400. The first-order valence-electron chi connectivity index (χ1n) is 9.04. The van der Waals surface area contributed by atoms with Gasteiger partial charge in [0.05, 0.1) is 26.9 Å². The molecular formula is C20H27ClN4O2. The summed E-state index contributed by atoms with van der Waals surface area (Å²) in [4.78, 5) is 8.62. The van der Waals surface area contributed by atoms with Gasteiger partial charge < -0.3 is 20.1 Å². The topological polar surface area (TPSA) is 67.8 Å². The van der Waals surface area contributed by atoms with Crippen LogP contribution in [0.1, 0.15) is 18.1 Å². The number of halogens is 1. The molecule has 0 amide bonds. The Bertz CT molecular complexity index is 707. The van der Waals surface area contributed by atoms with E-state index >= 15 is 0 Å². The van der Waals surface area contributed by atoms with Gasteiger partial charge in [0.1, 0.15) is 10.9 Å². The van der Waals surface area contributed by atoms with E-state index in [1.165, 1.54) is 0 Å². The minimum Gasteiger partial charge on any atom is -0.497 e. The summed E-state index contributed by atoms with van der Waals surface area (Å²) in [7, 11) is 1.66. The molecule has 0 aliphatic rings. The highest BCUT2D eigenvalue weighted by Crippen LogP contribution is 2.13. The zero-order valence-corrected chi connectivity index (χ0v) is 16.6. The molecule has 6 nitrogen and oxygen atoms in total. The first-order valence-corrected chi connectivity index (χ1v) is 9.42. The summed E-state index contributed by atoms with van der Waals surface area (Å²) in [5.74, 6) is 1.62. The molecule has 0 bridgehead atoms. The second-order valence-corrected chi connectivity index (χ2v) is 6.22. The highest BCUT2D eigenvalue weighted by Gasteiger charge is 1.99. The smallest absolute Gasteiger partial charge is 0.191 e. The van der Waals surface area contributed by atoms with E-state index in [2.05, 4.69) is 20.6 Å². The maximum atomic E-state index is 5.80. The summed E-state index contributed by atoms with van der Waals surface area (Å²) in [6.07, 6.45) is 2.64. The standard InChI is InChI=1S/C20H27ClN4O2/c1-3-22-20(23-10-9-16-7-8-19(21)25-14-16)24-11-12-27-15-17-5-4-6-18(13-17)26-2/h4-8,13-14H,3,9-12,15H2,1-2H3,(H2,22,23,24). The van der Waals surface area contributed by atoms with E-state index in [1.807, 2.05) is 37.3 Å². The van der Waals surface area contributed by atoms with Crippen LogP contribution in [0.3, 0.4) is 0 Å². The normalized spacial score (nSPS) is 11.3. The Morgan fingerprint density at radius 3 is 2.81 bits per heavy atom. The number of rotatable bonds is 10. The minimum atomic E-state index is 0.510. The third kappa shape index (κ3) is 8.28. The maximum absolute atomic E-state index is 5.80. The van der Waals surface area contributed by atoms with Gasteiger partial charge >= 0.3 is 0 Å². The molecule has 0 aliphatic heterocycles. The first kappa shape index (κ1) is 21.0. The van der Waals surface area contributed by atoms with Gasteiger partial charge in [-0.1, -0.05) is 29.8 Å². The van der Waals surface area contributed by atoms with Crippen molar-refractivity contribution in [3.63, 3.8) is 0 Å². The number of benzene rings is 1. The average Bonchev–Trinajstić information content (AvgIpc) is 2.69. The van der Waals surface area contributed by atoms with Gasteiger partial charge in [-0.15, -0.1) is 0 Å². The minimum absolute atomic E-state index is 0.510. The Kier molecular flexibility index (Phi) is 9.44. The van der Waals surface area contributed by atoms with Crippen molar-refractivity contribution in [1.29, 1.82) is 0 Å². The zero-order chi connectivity index (χ0) is 19.3. The predicted molar refractivity (Wildman–Crippen MR) is 110 cm³/mol. The molecule has 0 aliphatic carbocycles. The lowest BCUT2D eigenvalue weighted by atomic mass is 10.2. The van der Waals surface area contributed by atoms with Crippen LogP contribution in [0.4, 0.5) is 0 Å². The fourth-order valence-electron chi connectivity index (χ4n) is 2.40. The number of nitrogens with zero attached hydrogens (tertiary/aromatic N) is 2. The lowest BCUT2D eigenvalue weighted by molar-refractivity contribution is 0.128. The summed E-state index contributed by atoms with van der Waals surface area (Å²) in [6, 6.07) is 11.6. The van der Waals surface area contributed by atoms with Gasteiger partial charge in [0.15, 0.2) is 5.96 Å². The van der Waals surface area contributed by atoms with Crippen LogP contribution in [-0.4, -0.2) is 44.3 Å². The van der Waals surface area contributed by atoms with Gasteiger partial charge in [0, 0.05) is 19.3 Å². The largest absolute Gasteiger partial charge is 0.497 e. The third-order valence-electron chi connectivity index (χ3n) is 3.75. The molecule has 2 N–H and O–H groups in total. The van der Waals surface area contributed by atoms with E-state index in [1.54, 1.807) is 19.4 Å². The number of aliphatic imine (C=N–C) groups is 1. The van der Waals surface area contributed by atoms with E-state index in [9.17, 15) is 0 Å². The van der Waals surface area contributed by atoms with Crippen LogP contribution < -0.4 is 15.4 Å². The van der Waals surface area contributed by atoms with Gasteiger partial charge in [-0.3, -0.25) is 4.99 Å². The van der Waals surface area contributed by atoms with Crippen molar-refractivity contribution in [1.82, 2.24) is 15.6 Å². The number of hydrogen-bond donors (Lipinski definition) is 2. The molecule has 146 valence electrons. The van der Waals surface area contributed by atoms with Gasteiger partial charge in [-0.25, -0.2) is 4.98 Å². The maximum Gasteiger partial charge on any atom is 0.191 e. The lowest BCUT2D eigenvalue weighted by Crippen LogP contribution is -2.38. The van der Waals surface area contributed by atoms with Gasteiger partial charge in [0.2, 0.25) is 0 Å². The van der Waals surface area contributed by atoms with Crippen LogP contribution >= 0.6 is 11.6 Å². The number of hydrogen-bond acceptors (Lipinski definition) is 4. The van der Waals surface area contributed by atoms with Crippen LogP contribution in [0, 0.1) is 0 Å². The molecule has 0 atom stereocenters. The van der Waals surface area contributed by atoms with E-state index in [4.69, 9.17) is 21.1 Å². The second-order valence-electron chi connectivity index (χ2n) is 5.83. The van der Waals surface area contributed by atoms with E-state index in [0.717, 1.165) is 42.3 Å². The number of methoxy groups -OCH3 is 1. The summed E-state index contributed by atoms with van der Waals surface area (Å²) in [5.41, 5.74) is 2.21. The second kappa shape index (κ2) is 12.1. The highest BCUT2D eigenvalue weighted by molar-refractivity contribution is 6.29. The Balaban J connectivity index is 1.69. The van der Waals surface area contributed by atoms with Crippen LogP contribution in [0.25, 0.3) is 0 Å². The molecule has 1 aromatic heterocycles. The average molecular weight is 391 g/mol. The quantitative estimate of drug-likeness (QED) is 0.282. The Hall–Kier alpha value is -2.31. The fourth-order valence-corrected chi connectivity index (χ4v) is 2.51. The molecule has 0 fully saturated rings. The summed E-state index contributed by atoms with van der Waals surface area (Å²) in [5, 5.41) is 7.05. The molecule has 7 heteroatoms. The molecular weight excluding hydrogens is 364 g/mol. The van der Waals surface area contributed by atoms with Crippen molar-refractivity contribution < 1.29 is 9.47 Å². The molecule has 0 unspecified atom stereocenters. The van der Waals surface area contributed by atoms with Gasteiger partial charge in [-0.2, -0.15) is 0 Å². The van der Waals surface area contributed by atoms with E-state index in [-0.39, 0.29) is 0 Å². The molecule has 2 aromatic rings. The molecule has 27 heavy (non-hydrogen) atoms. The summed E-state index contributed by atoms with van der Waals surface area (Å²) >= 11 is 5.80. The monoisotopic (exact) mass is 390 g/mol. The van der Waals surface area contributed by atoms with Crippen LogP contribution in [0.5, 0.6) is 5.75 Å². The van der Waals surface area contributed by atoms with Crippen molar-refractivity contribution in [3.8, 4) is 5.75 Å². The molecule has 0 saturated heterocycles. The molecule has 1 heterocycles. The first-order chi connectivity index (χ1) is 13.2. The third-order valence-corrected chi connectivity index (χ3v) is 3.97. The Labute approximate surface area is 166 Å². The molecule has 0 saturated carbocycles. The van der Waals surface area contributed by atoms with Crippen LogP contribution in [0.15, 0.2) is 47.6 Å². The number of ether oxygens (including phenoxy) is 2. The van der Waals surface area contributed by atoms with Crippen LogP contribution in [-0.2, 0) is 17.8 Å². The van der Waals surface area contributed by atoms with Gasteiger partial charge in [-0.05, 0) is 42.7 Å². The summed E-state index contributed by atoms with van der Waals surface area (Å²) in [6.45, 7) is 5.29. The van der Waals surface area contributed by atoms with Crippen molar-refractivity contribution in [2.45, 2.75) is 20.0 Å². The molecule has 2 rings (SSSR count). The predicted octanol–water partition coefficient (Wildman–Crippen LogP) is 3.06. The molecule has 0 spiro atoms. The Morgan fingerprint density at radius 2 is 2.07 bits per heavy atom. The summed E-state index contributed by atoms with van der Waals surface area (Å²) < 4.78 is 10.9. The zero-order valence-electron chi connectivity index (χ0n) is 15.9. The van der Waals surface area contributed by atoms with Crippen molar-refractivity contribution in [2.24, 2.45) is 4.99 Å². The number of pyridine rings is 1. The highest BCUT2D eigenvalue weighted by atomic mass is 35.5. The molecule has 0 radical (unpaired) electrons. The lowest BCUT2D eigenvalue weighted by Gasteiger charge is -2.11. The van der Waals surface area contributed by atoms with Gasteiger partial charge in [0.25, 0.3) is 0 Å². The van der Waals surface area contributed by atoms with Crippen molar-refractivity contribution >= 4 is 17.6 Å². The number of guanidine groups is 1. The number of nitrogens with one attached hydrogen (secondary N) is 2. The Morgan fingerprint density at radius 1 is 1.19 bits per heavy atom. The molecule has 1 aromatic carbocycles. The number of aromatic nitrogens is 1. The van der Waals surface area contributed by atoms with Crippen molar-refractivity contribution in [2.75, 3.05) is 33.4 Å². The van der Waals surface area contributed by atoms with Crippen LogP contribution in [0.2, 0.25) is 5.15 Å². The SMILES string of the molecule is CCNC(=NCCOCc1cccc(OC)c1)NCCc1ccc(Cl)nc1. The van der Waals surface area contributed by atoms with Crippen molar-refractivity contribution in [3.05, 3.63) is 58.9 Å². The van der Waals surface area contributed by atoms with E-state index < -0.39 is 0 Å².